The highest BCUT2D eigenvalue weighted by Crippen LogP contribution is 2.18. The molecule has 0 amide bonds. The minimum absolute atomic E-state index is 0.223. The first-order valence-electron chi connectivity index (χ1n) is 5.95. The fourth-order valence-corrected chi connectivity index (χ4v) is 1.80. The fourth-order valence-electron chi connectivity index (χ4n) is 1.80. The van der Waals surface area contributed by atoms with E-state index in [9.17, 15) is 0 Å². The van der Waals surface area contributed by atoms with Gasteiger partial charge in [0, 0.05) is 0 Å². The maximum atomic E-state index is 5.47. The Balaban J connectivity index is 0.000000121. The van der Waals surface area contributed by atoms with Crippen molar-refractivity contribution in [3.8, 4) is 0 Å². The quantitative estimate of drug-likeness (QED) is 0.508. The Bertz CT molecular complexity index is 809. The van der Waals surface area contributed by atoms with Crippen LogP contribution in [0.5, 0.6) is 0 Å². The van der Waals surface area contributed by atoms with E-state index in [1.54, 1.807) is 0 Å². The largest absolute Gasteiger partial charge is 0.424 e. The Morgan fingerprint density at radius 3 is 2.30 bits per heavy atom. The lowest BCUT2D eigenvalue weighted by atomic mass is 10.2. The van der Waals surface area contributed by atoms with Crippen LogP contribution in [0.3, 0.4) is 0 Å². The van der Waals surface area contributed by atoms with Crippen molar-refractivity contribution >= 4 is 33.9 Å². The van der Waals surface area contributed by atoms with Gasteiger partial charge >= 0.3 is 0 Å². The van der Waals surface area contributed by atoms with Crippen LogP contribution >= 0.6 is 0 Å². The molecule has 0 radical (unpaired) electrons. The van der Waals surface area contributed by atoms with Gasteiger partial charge in [-0.05, 0) is 24.3 Å². The van der Waals surface area contributed by atoms with Crippen molar-refractivity contribution in [1.29, 1.82) is 0 Å². The summed E-state index contributed by atoms with van der Waals surface area (Å²) >= 11 is 0. The van der Waals surface area contributed by atoms with Crippen molar-refractivity contribution in [2.24, 2.45) is 0 Å². The number of oxazole rings is 1. The minimum atomic E-state index is 0.223. The molecule has 0 aliphatic rings. The number of hydrogen-bond donors (Lipinski definition) is 2. The molecule has 0 bridgehead atoms. The molecular formula is C14H12N4O2. The van der Waals surface area contributed by atoms with E-state index >= 15 is 0 Å². The van der Waals surface area contributed by atoms with Gasteiger partial charge in [-0.3, -0.25) is 0 Å². The molecule has 2 aromatic heterocycles. The molecule has 0 aliphatic heterocycles. The predicted octanol–water partition coefficient (Wildman–Crippen LogP) is 2.82. The summed E-state index contributed by atoms with van der Waals surface area (Å²) < 4.78 is 9.91. The van der Waals surface area contributed by atoms with E-state index in [4.69, 9.17) is 20.4 Å². The van der Waals surface area contributed by atoms with Crippen molar-refractivity contribution < 1.29 is 8.94 Å². The molecule has 4 rings (SSSR count). The number of anilines is 2. The predicted molar refractivity (Wildman–Crippen MR) is 76.8 cm³/mol. The maximum Gasteiger partial charge on any atom is 0.292 e. The van der Waals surface area contributed by atoms with Crippen LogP contribution in [-0.2, 0) is 0 Å². The smallest absolute Gasteiger partial charge is 0.292 e. The number of para-hydroxylation sites is 3. The number of nitrogens with zero attached hydrogens (tertiary/aromatic N) is 2. The zero-order valence-electron chi connectivity index (χ0n) is 10.5. The summed E-state index contributed by atoms with van der Waals surface area (Å²) in [6.45, 7) is 0. The topological polar surface area (TPSA) is 104 Å². The average molecular weight is 268 g/mol. The summed E-state index contributed by atoms with van der Waals surface area (Å²) in [5.74, 6) is 0.454. The number of nitrogen functional groups attached to an aromatic ring is 2. The van der Waals surface area contributed by atoms with Crippen LogP contribution in [0.1, 0.15) is 0 Å². The van der Waals surface area contributed by atoms with Gasteiger partial charge in [0.2, 0.25) is 0 Å². The van der Waals surface area contributed by atoms with Gasteiger partial charge in [-0.2, -0.15) is 4.98 Å². The highest BCUT2D eigenvalue weighted by atomic mass is 16.5. The molecule has 2 heterocycles. The van der Waals surface area contributed by atoms with Crippen LogP contribution in [0, 0.1) is 0 Å². The number of rotatable bonds is 0. The zero-order chi connectivity index (χ0) is 13.9. The van der Waals surface area contributed by atoms with Crippen molar-refractivity contribution in [3.05, 3.63) is 48.5 Å². The fraction of sp³-hybridized carbons (Fsp3) is 0. The molecule has 100 valence electrons. The van der Waals surface area contributed by atoms with Crippen LogP contribution in [0.25, 0.3) is 22.1 Å². The molecule has 0 fully saturated rings. The third-order valence-electron chi connectivity index (χ3n) is 2.72. The van der Waals surface area contributed by atoms with Crippen molar-refractivity contribution in [2.75, 3.05) is 11.5 Å². The first kappa shape index (κ1) is 12.0. The molecule has 6 nitrogen and oxygen atoms in total. The number of aromatic nitrogens is 2. The maximum absolute atomic E-state index is 5.47. The Morgan fingerprint density at radius 2 is 1.55 bits per heavy atom. The van der Waals surface area contributed by atoms with Gasteiger partial charge in [-0.1, -0.05) is 29.4 Å². The molecule has 0 unspecified atom stereocenters. The summed E-state index contributed by atoms with van der Waals surface area (Å²) in [4.78, 5) is 3.92. The lowest BCUT2D eigenvalue weighted by Gasteiger charge is -1.82. The SMILES string of the molecule is Nc1nc2ccccc2o1.Nc1noc2ccccc12. The van der Waals surface area contributed by atoms with Gasteiger partial charge in [0.15, 0.2) is 17.0 Å². The lowest BCUT2D eigenvalue weighted by molar-refractivity contribution is 0.460. The first-order chi connectivity index (χ1) is 9.74. The highest BCUT2D eigenvalue weighted by Gasteiger charge is 2.00. The van der Waals surface area contributed by atoms with Crippen LogP contribution < -0.4 is 11.5 Å². The number of fused-ring (bicyclic) bond motifs is 2. The molecule has 0 aliphatic carbocycles. The van der Waals surface area contributed by atoms with E-state index in [1.807, 2.05) is 48.5 Å². The second kappa shape index (κ2) is 4.93. The summed E-state index contributed by atoms with van der Waals surface area (Å²) in [6.07, 6.45) is 0. The van der Waals surface area contributed by atoms with Gasteiger partial charge in [-0.25, -0.2) is 0 Å². The van der Waals surface area contributed by atoms with E-state index in [0.29, 0.717) is 5.82 Å². The van der Waals surface area contributed by atoms with Gasteiger partial charge < -0.3 is 20.4 Å². The number of benzene rings is 2. The molecular weight excluding hydrogens is 256 g/mol. The van der Waals surface area contributed by atoms with Gasteiger partial charge in [0.25, 0.3) is 6.01 Å². The van der Waals surface area contributed by atoms with E-state index in [0.717, 1.165) is 22.1 Å². The molecule has 4 aromatic rings. The molecule has 20 heavy (non-hydrogen) atoms. The van der Waals surface area contributed by atoms with E-state index < -0.39 is 0 Å². The molecule has 4 N–H and O–H groups in total. The number of nitrogens with two attached hydrogens (primary N) is 2. The molecule has 0 atom stereocenters. The van der Waals surface area contributed by atoms with E-state index in [-0.39, 0.29) is 6.01 Å². The summed E-state index contributed by atoms with van der Waals surface area (Å²) in [7, 11) is 0. The van der Waals surface area contributed by atoms with Crippen LogP contribution in [-0.4, -0.2) is 10.1 Å². The zero-order valence-corrected chi connectivity index (χ0v) is 10.5. The van der Waals surface area contributed by atoms with Crippen LogP contribution in [0.2, 0.25) is 0 Å². The van der Waals surface area contributed by atoms with Crippen LogP contribution in [0.4, 0.5) is 11.8 Å². The standard InChI is InChI=1S/2C7H6N2O/c8-7-9-5-3-1-2-4-6(5)10-7;8-7-5-3-1-2-4-6(5)10-9-7/h2*1-4H,(H2,8,9). The number of hydrogen-bond acceptors (Lipinski definition) is 6. The lowest BCUT2D eigenvalue weighted by Crippen LogP contribution is -1.82. The Labute approximate surface area is 114 Å². The molecule has 6 heteroatoms. The Kier molecular flexibility index (Phi) is 2.96. The third kappa shape index (κ3) is 2.26. The van der Waals surface area contributed by atoms with Gasteiger partial charge in [0.05, 0.1) is 5.39 Å². The minimum Gasteiger partial charge on any atom is -0.424 e. The molecule has 0 spiro atoms. The van der Waals surface area contributed by atoms with Gasteiger partial charge in [-0.15, -0.1) is 0 Å². The van der Waals surface area contributed by atoms with Gasteiger partial charge in [0.1, 0.15) is 5.52 Å². The molecule has 0 saturated carbocycles. The van der Waals surface area contributed by atoms with E-state index in [2.05, 4.69) is 10.1 Å². The van der Waals surface area contributed by atoms with Crippen LogP contribution in [0.15, 0.2) is 57.5 Å². The normalized spacial score (nSPS) is 10.4. The highest BCUT2D eigenvalue weighted by molar-refractivity contribution is 5.86. The Hall–Kier alpha value is -3.02. The second-order valence-corrected chi connectivity index (χ2v) is 4.08. The van der Waals surface area contributed by atoms with E-state index in [1.165, 1.54) is 0 Å². The van der Waals surface area contributed by atoms with Crippen molar-refractivity contribution in [1.82, 2.24) is 10.1 Å². The summed E-state index contributed by atoms with van der Waals surface area (Å²) in [5, 5.41) is 4.48. The second-order valence-electron chi connectivity index (χ2n) is 4.08. The first-order valence-corrected chi connectivity index (χ1v) is 5.95. The third-order valence-corrected chi connectivity index (χ3v) is 2.72. The van der Waals surface area contributed by atoms with Crippen molar-refractivity contribution in [2.45, 2.75) is 0 Å². The Morgan fingerprint density at radius 1 is 0.850 bits per heavy atom. The summed E-state index contributed by atoms with van der Waals surface area (Å²) in [6, 6.07) is 15.2. The molecule has 2 aromatic carbocycles. The monoisotopic (exact) mass is 268 g/mol. The molecule has 0 saturated heterocycles. The average Bonchev–Trinajstić information content (AvgIpc) is 3.02. The van der Waals surface area contributed by atoms with Crippen molar-refractivity contribution in [3.63, 3.8) is 0 Å². The summed E-state index contributed by atoms with van der Waals surface area (Å²) in [5.41, 5.74) is 13.1.